The van der Waals surface area contributed by atoms with Crippen molar-refractivity contribution in [2.45, 2.75) is 37.6 Å². The highest BCUT2D eigenvalue weighted by atomic mass is 16.7. The Morgan fingerprint density at radius 2 is 1.88 bits per heavy atom. The van der Waals surface area contributed by atoms with E-state index in [-0.39, 0.29) is 5.75 Å². The van der Waals surface area contributed by atoms with Gasteiger partial charge in [-0.05, 0) is 24.6 Å². The molecule has 8 nitrogen and oxygen atoms in total. The van der Waals surface area contributed by atoms with E-state index in [9.17, 15) is 20.1 Å². The van der Waals surface area contributed by atoms with E-state index in [0.717, 1.165) is 10.9 Å². The summed E-state index contributed by atoms with van der Waals surface area (Å²) < 4.78 is 15.9. The third-order valence-electron chi connectivity index (χ3n) is 4.02. The highest BCUT2D eigenvalue weighted by molar-refractivity contribution is 5.81. The van der Waals surface area contributed by atoms with Crippen LogP contribution in [0, 0.1) is 6.92 Å². The molecule has 0 amide bonds. The number of hydrogen-bond donors (Lipinski definition) is 4. The molecule has 3 rings (SSSR count). The normalized spacial score (nSPS) is 30.5. The molecule has 1 aromatic carbocycles. The molecule has 1 aliphatic heterocycles. The van der Waals surface area contributed by atoms with Crippen LogP contribution in [0.15, 0.2) is 33.5 Å². The number of aryl methyl sites for hydroxylation is 1. The lowest BCUT2D eigenvalue weighted by molar-refractivity contribution is -0.277. The summed E-state index contributed by atoms with van der Waals surface area (Å²) in [4.78, 5) is 11.5. The lowest BCUT2D eigenvalue weighted by atomic mass is 9.99. The Balaban J connectivity index is 1.87. The Morgan fingerprint density at radius 3 is 2.58 bits per heavy atom. The molecule has 0 saturated carbocycles. The minimum Gasteiger partial charge on any atom is -0.462 e. The van der Waals surface area contributed by atoms with Gasteiger partial charge in [0.05, 0.1) is 6.61 Å². The van der Waals surface area contributed by atoms with Gasteiger partial charge in [0, 0.05) is 17.5 Å². The van der Waals surface area contributed by atoms with Crippen LogP contribution in [0.1, 0.15) is 5.56 Å². The fourth-order valence-electron chi connectivity index (χ4n) is 2.68. The summed E-state index contributed by atoms with van der Waals surface area (Å²) in [5.74, 6) is 0.237. The van der Waals surface area contributed by atoms with Crippen molar-refractivity contribution in [2.24, 2.45) is 0 Å². The molecular weight excluding hydrogens is 320 g/mol. The summed E-state index contributed by atoms with van der Waals surface area (Å²) in [5, 5.41) is 39.4. The topological polar surface area (TPSA) is 130 Å². The Labute approximate surface area is 136 Å². The molecule has 2 heterocycles. The largest absolute Gasteiger partial charge is 0.462 e. The molecule has 0 bridgehead atoms. The van der Waals surface area contributed by atoms with Crippen LogP contribution >= 0.6 is 0 Å². The number of aliphatic hydroxyl groups excluding tert-OH is 4. The molecule has 8 heteroatoms. The molecule has 1 fully saturated rings. The fourth-order valence-corrected chi connectivity index (χ4v) is 2.68. The Bertz CT molecular complexity index is 783. The molecule has 24 heavy (non-hydrogen) atoms. The van der Waals surface area contributed by atoms with Crippen LogP contribution in [0.2, 0.25) is 0 Å². The maximum atomic E-state index is 11.5. The van der Waals surface area contributed by atoms with Gasteiger partial charge in [0.15, 0.2) is 0 Å². The molecule has 0 radical (unpaired) electrons. The summed E-state index contributed by atoms with van der Waals surface area (Å²) in [6.45, 7) is 1.23. The van der Waals surface area contributed by atoms with E-state index in [1.54, 1.807) is 19.1 Å². The van der Waals surface area contributed by atoms with Crippen LogP contribution in [0.3, 0.4) is 0 Å². The van der Waals surface area contributed by atoms with Crippen molar-refractivity contribution in [3.05, 3.63) is 40.2 Å². The second-order valence-electron chi connectivity index (χ2n) is 5.72. The zero-order valence-electron chi connectivity index (χ0n) is 12.8. The number of fused-ring (bicyclic) bond motifs is 1. The fraction of sp³-hybridized carbons (Fsp3) is 0.438. The highest BCUT2D eigenvalue weighted by Gasteiger charge is 2.44. The third kappa shape index (κ3) is 3.02. The van der Waals surface area contributed by atoms with Crippen LogP contribution < -0.4 is 10.4 Å². The van der Waals surface area contributed by atoms with Gasteiger partial charge in [-0.2, -0.15) is 0 Å². The minimum atomic E-state index is -1.53. The first-order valence-electron chi connectivity index (χ1n) is 7.42. The van der Waals surface area contributed by atoms with Crippen LogP contribution in [0.5, 0.6) is 5.75 Å². The SMILES string of the molecule is Cc1cc(=O)oc2cc(O[C@H]3O[C@@H](CO)[C@H](O)[C@@H](O)[C@@H]3O)ccc12. The molecular formula is C16H18O8. The van der Waals surface area contributed by atoms with E-state index in [0.29, 0.717) is 5.58 Å². The van der Waals surface area contributed by atoms with Gasteiger partial charge in [-0.15, -0.1) is 0 Å². The smallest absolute Gasteiger partial charge is 0.336 e. The monoisotopic (exact) mass is 338 g/mol. The molecule has 0 spiro atoms. The van der Waals surface area contributed by atoms with Crippen molar-refractivity contribution in [2.75, 3.05) is 6.61 Å². The predicted octanol–water partition coefficient (Wildman–Crippen LogP) is -0.720. The molecule has 0 unspecified atom stereocenters. The maximum absolute atomic E-state index is 11.5. The van der Waals surface area contributed by atoms with Crippen LogP contribution in [-0.4, -0.2) is 57.7 Å². The average Bonchev–Trinajstić information content (AvgIpc) is 2.55. The van der Waals surface area contributed by atoms with E-state index < -0.39 is 42.9 Å². The van der Waals surface area contributed by atoms with Gasteiger partial charge in [-0.25, -0.2) is 4.79 Å². The number of ether oxygens (including phenoxy) is 2. The summed E-state index contributed by atoms with van der Waals surface area (Å²) >= 11 is 0. The third-order valence-corrected chi connectivity index (χ3v) is 4.02. The average molecular weight is 338 g/mol. The van der Waals surface area contributed by atoms with E-state index in [1.807, 2.05) is 0 Å². The van der Waals surface area contributed by atoms with Gasteiger partial charge in [-0.3, -0.25) is 0 Å². The van der Waals surface area contributed by atoms with Crippen molar-refractivity contribution in [1.82, 2.24) is 0 Å². The minimum absolute atomic E-state index is 0.237. The van der Waals surface area contributed by atoms with Crippen molar-refractivity contribution in [1.29, 1.82) is 0 Å². The quantitative estimate of drug-likeness (QED) is 0.540. The van der Waals surface area contributed by atoms with Crippen LogP contribution in [-0.2, 0) is 4.74 Å². The van der Waals surface area contributed by atoms with E-state index in [1.165, 1.54) is 12.1 Å². The first kappa shape index (κ1) is 16.9. The van der Waals surface area contributed by atoms with E-state index >= 15 is 0 Å². The molecule has 1 saturated heterocycles. The predicted molar refractivity (Wildman–Crippen MR) is 81.6 cm³/mol. The first-order chi connectivity index (χ1) is 11.4. The number of benzene rings is 1. The summed E-state index contributed by atoms with van der Waals surface area (Å²) in [7, 11) is 0. The van der Waals surface area contributed by atoms with Gasteiger partial charge in [0.25, 0.3) is 0 Å². The lowest BCUT2D eigenvalue weighted by Gasteiger charge is -2.39. The highest BCUT2D eigenvalue weighted by Crippen LogP contribution is 2.27. The van der Waals surface area contributed by atoms with Crippen molar-refractivity contribution in [3.63, 3.8) is 0 Å². The molecule has 1 aromatic heterocycles. The standard InChI is InChI=1S/C16H18O8/c1-7-4-12(18)23-10-5-8(2-3-9(7)10)22-16-15(21)14(20)13(19)11(6-17)24-16/h2-5,11,13-17,19-21H,6H2,1H3/t11-,13-,14+,15-,16-/m0/s1. The van der Waals surface area contributed by atoms with Crippen molar-refractivity contribution >= 4 is 11.0 Å². The molecule has 2 aromatic rings. The van der Waals surface area contributed by atoms with Gasteiger partial charge in [0.2, 0.25) is 6.29 Å². The number of rotatable bonds is 3. The summed E-state index contributed by atoms with van der Waals surface area (Å²) in [5.41, 5.74) is 0.563. The Hall–Kier alpha value is -1.97. The summed E-state index contributed by atoms with van der Waals surface area (Å²) in [6.07, 6.45) is -6.85. The number of hydrogen-bond acceptors (Lipinski definition) is 8. The van der Waals surface area contributed by atoms with Crippen LogP contribution in [0.25, 0.3) is 11.0 Å². The van der Waals surface area contributed by atoms with Gasteiger partial charge in [0.1, 0.15) is 35.7 Å². The van der Waals surface area contributed by atoms with Crippen LogP contribution in [0.4, 0.5) is 0 Å². The molecule has 130 valence electrons. The zero-order valence-corrected chi connectivity index (χ0v) is 12.8. The first-order valence-corrected chi connectivity index (χ1v) is 7.42. The second-order valence-corrected chi connectivity index (χ2v) is 5.72. The van der Waals surface area contributed by atoms with Gasteiger partial charge in [-0.1, -0.05) is 0 Å². The molecule has 0 aliphatic carbocycles. The Morgan fingerprint density at radius 1 is 1.12 bits per heavy atom. The second kappa shape index (κ2) is 6.50. The van der Waals surface area contributed by atoms with Gasteiger partial charge < -0.3 is 34.3 Å². The van der Waals surface area contributed by atoms with Gasteiger partial charge >= 0.3 is 5.63 Å². The number of aliphatic hydroxyl groups is 4. The summed E-state index contributed by atoms with van der Waals surface area (Å²) in [6, 6.07) is 6.12. The van der Waals surface area contributed by atoms with E-state index in [2.05, 4.69) is 0 Å². The molecule has 4 N–H and O–H groups in total. The zero-order chi connectivity index (χ0) is 17.4. The van der Waals surface area contributed by atoms with Crippen molar-refractivity contribution in [3.8, 4) is 5.75 Å². The Kier molecular flexibility index (Phi) is 4.57. The maximum Gasteiger partial charge on any atom is 0.336 e. The molecule has 1 aliphatic rings. The molecule has 5 atom stereocenters. The van der Waals surface area contributed by atoms with Crippen molar-refractivity contribution < 1.29 is 34.3 Å². The lowest BCUT2D eigenvalue weighted by Crippen LogP contribution is -2.60. The van der Waals surface area contributed by atoms with E-state index in [4.69, 9.17) is 19.0 Å².